The molecule has 5 atom stereocenters. The van der Waals surface area contributed by atoms with Crippen molar-refractivity contribution in [1.29, 1.82) is 0 Å². The van der Waals surface area contributed by atoms with Gasteiger partial charge in [0.2, 0.25) is 6.10 Å². The third-order valence-corrected chi connectivity index (χ3v) is 9.36. The molecule has 1 saturated heterocycles. The molecule has 2 aromatic carbocycles. The van der Waals surface area contributed by atoms with E-state index < -0.39 is 46.9 Å². The van der Waals surface area contributed by atoms with Crippen molar-refractivity contribution in [2.45, 2.75) is 81.3 Å². The molecule has 2 aliphatic heterocycles. The first-order chi connectivity index (χ1) is 21.4. The van der Waals surface area contributed by atoms with Crippen LogP contribution >= 0.6 is 0 Å². The zero-order chi connectivity index (χ0) is 32.1. The van der Waals surface area contributed by atoms with Crippen molar-refractivity contribution in [1.82, 2.24) is 10.2 Å². The summed E-state index contributed by atoms with van der Waals surface area (Å²) in [5.41, 5.74) is -0.192. The number of ether oxygens (including phenoxy) is 5. The third-order valence-electron chi connectivity index (χ3n) is 9.36. The maximum absolute atomic E-state index is 13.1. The average Bonchev–Trinajstić information content (AvgIpc) is 3.34. The lowest BCUT2D eigenvalue weighted by atomic mass is 9.50. The van der Waals surface area contributed by atoms with Crippen molar-refractivity contribution in [2.24, 2.45) is 0 Å². The highest BCUT2D eigenvalue weighted by molar-refractivity contribution is 5.84. The second-order valence-electron chi connectivity index (χ2n) is 13.2. The van der Waals surface area contributed by atoms with Gasteiger partial charge in [-0.1, -0.05) is 36.4 Å². The van der Waals surface area contributed by atoms with Gasteiger partial charge in [0.15, 0.2) is 17.6 Å². The van der Waals surface area contributed by atoms with Gasteiger partial charge in [0.1, 0.15) is 11.4 Å². The van der Waals surface area contributed by atoms with Gasteiger partial charge in [0.05, 0.1) is 24.5 Å². The van der Waals surface area contributed by atoms with Gasteiger partial charge in [0.25, 0.3) is 5.91 Å². The zero-order valence-corrected chi connectivity index (χ0v) is 26.3. The van der Waals surface area contributed by atoms with E-state index in [1.54, 1.807) is 64.3 Å². The molecule has 2 aromatic rings. The van der Waals surface area contributed by atoms with E-state index in [2.05, 4.69) is 10.2 Å². The maximum atomic E-state index is 13.1. The van der Waals surface area contributed by atoms with Crippen molar-refractivity contribution in [3.8, 4) is 11.5 Å². The van der Waals surface area contributed by atoms with Gasteiger partial charge in [-0.3, -0.25) is 9.59 Å². The molecule has 4 aliphatic rings. The molecule has 2 aliphatic carbocycles. The highest BCUT2D eigenvalue weighted by Gasteiger charge is 2.72. The van der Waals surface area contributed by atoms with Crippen molar-refractivity contribution in [3.63, 3.8) is 0 Å². The van der Waals surface area contributed by atoms with Crippen LogP contribution in [0.2, 0.25) is 0 Å². The number of nitrogens with zero attached hydrogens (tertiary/aromatic N) is 1. The van der Waals surface area contributed by atoms with Crippen LogP contribution in [-0.2, 0) is 35.6 Å². The summed E-state index contributed by atoms with van der Waals surface area (Å²) in [6.07, 6.45) is 0.264. The Bertz CT molecular complexity index is 1530. The number of esters is 1. The van der Waals surface area contributed by atoms with E-state index in [1.807, 2.05) is 19.2 Å². The van der Waals surface area contributed by atoms with Gasteiger partial charge in [0, 0.05) is 30.1 Å². The number of piperidine rings is 1. The molecule has 5 unspecified atom stereocenters. The number of amides is 1. The van der Waals surface area contributed by atoms with E-state index >= 15 is 0 Å². The summed E-state index contributed by atoms with van der Waals surface area (Å²) in [5, 5.41) is 15.0. The van der Waals surface area contributed by atoms with Crippen molar-refractivity contribution in [3.05, 3.63) is 71.0 Å². The van der Waals surface area contributed by atoms with Gasteiger partial charge in [-0.15, -0.1) is 0 Å². The minimum Gasteiger partial charge on any atom is -0.493 e. The van der Waals surface area contributed by atoms with Crippen LogP contribution in [-0.4, -0.2) is 78.6 Å². The standard InChI is InChI=1S/C34H40N2O9/c1-32(2,3)45-31(39)44-27(20-9-7-6-8-10-20)30(38)35-17-14-25(37)42-23-13-15-34(40)24-19-21-11-12-22(41-5)28-26(21)33(34,29(23)43-28)16-18-36(24)4/h6-13,24,27,29,40H,14-19H2,1-5H3,(H,35,38). The highest BCUT2D eigenvalue weighted by Crippen LogP contribution is 2.65. The van der Waals surface area contributed by atoms with Crippen molar-refractivity contribution < 1.29 is 43.2 Å². The Labute approximate surface area is 262 Å². The first-order valence-electron chi connectivity index (χ1n) is 15.3. The number of hydrogen-bond donors (Lipinski definition) is 2. The first kappa shape index (κ1) is 30.9. The minimum absolute atomic E-state index is 0.0579. The Kier molecular flexibility index (Phi) is 7.81. The third kappa shape index (κ3) is 5.21. The fourth-order valence-electron chi connectivity index (χ4n) is 7.42. The van der Waals surface area contributed by atoms with E-state index in [-0.39, 0.29) is 19.0 Å². The Morgan fingerprint density at radius 2 is 1.91 bits per heavy atom. The molecule has 11 heteroatoms. The van der Waals surface area contributed by atoms with E-state index in [0.717, 1.165) is 17.7 Å². The Morgan fingerprint density at radius 3 is 2.62 bits per heavy atom. The average molecular weight is 621 g/mol. The molecule has 0 aromatic heterocycles. The molecule has 11 nitrogen and oxygen atoms in total. The van der Waals surface area contributed by atoms with Crippen molar-refractivity contribution >= 4 is 18.0 Å². The number of nitrogens with one attached hydrogen (secondary N) is 1. The molecule has 45 heavy (non-hydrogen) atoms. The quantitative estimate of drug-likeness (QED) is 0.421. The molecule has 0 saturated carbocycles. The van der Waals surface area contributed by atoms with Gasteiger partial charge < -0.3 is 39.0 Å². The number of carbonyl (C=O) groups excluding carboxylic acids is 3. The zero-order valence-electron chi connectivity index (χ0n) is 26.3. The van der Waals surface area contributed by atoms with Crippen LogP contribution in [0, 0.1) is 0 Å². The van der Waals surface area contributed by atoms with Crippen LogP contribution in [0.3, 0.4) is 0 Å². The van der Waals surface area contributed by atoms with Gasteiger partial charge in [-0.25, -0.2) is 4.79 Å². The van der Waals surface area contributed by atoms with Crippen LogP contribution in [0.25, 0.3) is 0 Å². The molecule has 240 valence electrons. The summed E-state index contributed by atoms with van der Waals surface area (Å²) in [6, 6.07) is 12.4. The highest BCUT2D eigenvalue weighted by atomic mass is 16.7. The molecule has 6 rings (SSSR count). The molecule has 1 amide bonds. The molecular weight excluding hydrogens is 580 g/mol. The number of methoxy groups -OCH3 is 1. The van der Waals surface area contributed by atoms with Crippen LogP contribution < -0.4 is 14.8 Å². The lowest BCUT2D eigenvalue weighted by molar-refractivity contribution is -0.169. The summed E-state index contributed by atoms with van der Waals surface area (Å²) in [6.45, 7) is 5.79. The second kappa shape index (κ2) is 11.4. The number of likely N-dealkylation sites (tertiary alicyclic amines) is 1. The summed E-state index contributed by atoms with van der Waals surface area (Å²) in [7, 11) is 3.61. The molecule has 0 radical (unpaired) electrons. The van der Waals surface area contributed by atoms with Crippen molar-refractivity contribution in [2.75, 3.05) is 27.2 Å². The number of carbonyl (C=O) groups is 3. The van der Waals surface area contributed by atoms with Gasteiger partial charge >= 0.3 is 12.1 Å². The Balaban J connectivity index is 1.15. The summed E-state index contributed by atoms with van der Waals surface area (Å²) >= 11 is 0. The molecule has 1 fully saturated rings. The number of hydrogen-bond acceptors (Lipinski definition) is 10. The summed E-state index contributed by atoms with van der Waals surface area (Å²) < 4.78 is 28.7. The smallest absolute Gasteiger partial charge is 0.493 e. The van der Waals surface area contributed by atoms with E-state index in [4.69, 9.17) is 23.7 Å². The predicted octanol–water partition coefficient (Wildman–Crippen LogP) is 3.72. The van der Waals surface area contributed by atoms with E-state index in [0.29, 0.717) is 42.1 Å². The predicted molar refractivity (Wildman–Crippen MR) is 162 cm³/mol. The van der Waals surface area contributed by atoms with E-state index in [1.165, 1.54) is 0 Å². The maximum Gasteiger partial charge on any atom is 0.509 e. The minimum atomic E-state index is -1.27. The normalized spacial score (nSPS) is 26.8. The first-order valence-corrected chi connectivity index (χ1v) is 15.3. The SMILES string of the molecule is COc1ccc2c3c1OC1C(OC(=O)CCNC(=O)C(OC(=O)OC(C)(C)C)c4ccccc4)=CCC4(O)C(C2)N(C)CCC314. The monoisotopic (exact) mass is 620 g/mol. The Morgan fingerprint density at radius 1 is 1.16 bits per heavy atom. The summed E-state index contributed by atoms with van der Waals surface area (Å²) in [5.74, 6) is 0.344. The largest absolute Gasteiger partial charge is 0.509 e. The lowest BCUT2D eigenvalue weighted by Crippen LogP contribution is -2.74. The van der Waals surface area contributed by atoms with Crippen LogP contribution in [0.15, 0.2) is 54.3 Å². The molecule has 2 bridgehead atoms. The van der Waals surface area contributed by atoms with Crippen LogP contribution in [0.5, 0.6) is 11.5 Å². The molecule has 2 heterocycles. The van der Waals surface area contributed by atoms with Gasteiger partial charge in [-0.2, -0.15) is 0 Å². The van der Waals surface area contributed by atoms with Crippen LogP contribution in [0.4, 0.5) is 4.79 Å². The lowest BCUT2D eigenvalue weighted by Gasteiger charge is -2.61. The fourth-order valence-corrected chi connectivity index (χ4v) is 7.42. The molecule has 1 spiro atoms. The Hall–Kier alpha value is -4.09. The topological polar surface area (TPSA) is 133 Å². The fraction of sp³-hybridized carbons (Fsp3) is 0.500. The molecule has 2 N–H and O–H groups in total. The molecular formula is C34H40N2O9. The number of likely N-dealkylation sites (N-methyl/N-ethyl adjacent to an activating group) is 1. The number of benzene rings is 2. The summed E-state index contributed by atoms with van der Waals surface area (Å²) in [4.78, 5) is 40.9. The number of rotatable bonds is 8. The number of aliphatic hydroxyl groups is 1. The van der Waals surface area contributed by atoms with Gasteiger partial charge in [-0.05, 0) is 64.9 Å². The van der Waals surface area contributed by atoms with Crippen LogP contribution in [0.1, 0.15) is 62.8 Å². The van der Waals surface area contributed by atoms with E-state index in [9.17, 15) is 19.5 Å². The second-order valence-corrected chi connectivity index (χ2v) is 13.2.